The highest BCUT2D eigenvalue weighted by molar-refractivity contribution is 7.10. The molecule has 1 unspecified atom stereocenters. The summed E-state index contributed by atoms with van der Waals surface area (Å²) in [6.45, 7) is 5.37. The summed E-state index contributed by atoms with van der Waals surface area (Å²) in [7, 11) is 0. The number of anilines is 1. The Morgan fingerprint density at radius 1 is 1.53 bits per heavy atom. The minimum Gasteiger partial charge on any atom is -0.364 e. The fraction of sp³-hybridized carbons (Fsp3) is 0.400. The number of rotatable bonds is 2. The Labute approximate surface area is 123 Å². The van der Waals surface area contributed by atoms with Crippen LogP contribution in [0.5, 0.6) is 0 Å². The van der Waals surface area contributed by atoms with Crippen LogP contribution in [0.15, 0.2) is 23.7 Å². The van der Waals surface area contributed by atoms with Gasteiger partial charge < -0.3 is 4.90 Å². The molecule has 2 nitrogen and oxygen atoms in total. The molecule has 0 bridgehead atoms. The minimum atomic E-state index is 0.416. The third-order valence-electron chi connectivity index (χ3n) is 3.83. The highest BCUT2D eigenvalue weighted by Gasteiger charge is 2.26. The molecular weight excluding hydrogens is 276 g/mol. The maximum Gasteiger partial charge on any atom is 0.0525 e. The van der Waals surface area contributed by atoms with Crippen molar-refractivity contribution >= 4 is 28.6 Å². The van der Waals surface area contributed by atoms with Gasteiger partial charge in [0.15, 0.2) is 0 Å². The highest BCUT2D eigenvalue weighted by atomic mass is 35.5. The molecule has 3 heterocycles. The van der Waals surface area contributed by atoms with E-state index in [4.69, 9.17) is 11.6 Å². The number of alkyl halides is 1. The van der Waals surface area contributed by atoms with Gasteiger partial charge in [-0.05, 0) is 43.3 Å². The number of halogens is 1. The van der Waals surface area contributed by atoms with Crippen molar-refractivity contribution in [1.29, 1.82) is 0 Å². The van der Waals surface area contributed by atoms with Crippen LogP contribution in [0.4, 0.5) is 5.69 Å². The van der Waals surface area contributed by atoms with Gasteiger partial charge in [-0.2, -0.15) is 0 Å². The van der Waals surface area contributed by atoms with E-state index in [1.54, 1.807) is 0 Å². The monoisotopic (exact) mass is 292 g/mol. The molecule has 1 aliphatic rings. The van der Waals surface area contributed by atoms with Gasteiger partial charge in [0.25, 0.3) is 0 Å². The lowest BCUT2D eigenvalue weighted by Crippen LogP contribution is -2.33. The molecule has 0 amide bonds. The molecule has 1 atom stereocenters. The Kier molecular flexibility index (Phi) is 3.50. The average molecular weight is 293 g/mol. The fourth-order valence-corrected chi connectivity index (χ4v) is 3.95. The predicted octanol–water partition coefficient (Wildman–Crippen LogP) is 4.31. The van der Waals surface area contributed by atoms with Crippen molar-refractivity contribution in [3.63, 3.8) is 0 Å². The normalized spacial score (nSPS) is 18.5. The first-order chi connectivity index (χ1) is 9.20. The molecule has 0 spiro atoms. The summed E-state index contributed by atoms with van der Waals surface area (Å²) in [6.07, 6.45) is 3.04. The number of aryl methyl sites for hydroxylation is 1. The molecule has 3 rings (SSSR count). The fourth-order valence-electron chi connectivity index (χ4n) is 2.78. The van der Waals surface area contributed by atoms with Gasteiger partial charge in [-0.15, -0.1) is 22.9 Å². The van der Waals surface area contributed by atoms with Crippen LogP contribution in [0.2, 0.25) is 0 Å². The Bertz CT molecular complexity index is 594. The first-order valence-electron chi connectivity index (χ1n) is 6.55. The Morgan fingerprint density at radius 3 is 3.16 bits per heavy atom. The first kappa shape index (κ1) is 12.9. The number of hydrogen-bond donors (Lipinski definition) is 0. The van der Waals surface area contributed by atoms with Crippen LogP contribution in [0.1, 0.15) is 34.7 Å². The summed E-state index contributed by atoms with van der Waals surface area (Å²) in [5.41, 5.74) is 4.88. The van der Waals surface area contributed by atoms with Crippen molar-refractivity contribution in [2.24, 2.45) is 0 Å². The number of nitrogens with zero attached hydrogens (tertiary/aromatic N) is 2. The SMILES string of the molecule is Cc1cc(N2CCc3sccc3C2C)c(CCl)cn1. The van der Waals surface area contributed by atoms with Crippen LogP contribution < -0.4 is 4.90 Å². The van der Waals surface area contributed by atoms with Crippen molar-refractivity contribution in [2.45, 2.75) is 32.2 Å². The zero-order chi connectivity index (χ0) is 13.4. The molecule has 2 aromatic rings. The lowest BCUT2D eigenvalue weighted by molar-refractivity contribution is 0.630. The van der Waals surface area contributed by atoms with Crippen molar-refractivity contribution in [2.75, 3.05) is 11.4 Å². The van der Waals surface area contributed by atoms with Gasteiger partial charge in [0, 0.05) is 34.6 Å². The van der Waals surface area contributed by atoms with E-state index in [0.717, 1.165) is 24.2 Å². The summed E-state index contributed by atoms with van der Waals surface area (Å²) in [5, 5.41) is 2.20. The van der Waals surface area contributed by atoms with Gasteiger partial charge in [0.2, 0.25) is 0 Å². The van der Waals surface area contributed by atoms with Crippen LogP contribution in [0, 0.1) is 6.92 Å². The number of hydrogen-bond acceptors (Lipinski definition) is 3. The van der Waals surface area contributed by atoms with E-state index < -0.39 is 0 Å². The third-order valence-corrected chi connectivity index (χ3v) is 5.11. The maximum absolute atomic E-state index is 6.07. The molecule has 100 valence electrons. The average Bonchev–Trinajstić information content (AvgIpc) is 2.88. The van der Waals surface area contributed by atoms with Crippen LogP contribution in [0.25, 0.3) is 0 Å². The summed E-state index contributed by atoms with van der Waals surface area (Å²) in [5.74, 6) is 0.516. The number of thiophene rings is 1. The molecule has 4 heteroatoms. The Balaban J connectivity index is 2.02. The van der Waals surface area contributed by atoms with E-state index in [0.29, 0.717) is 11.9 Å². The molecular formula is C15H17ClN2S. The lowest BCUT2D eigenvalue weighted by Gasteiger charge is -2.36. The number of fused-ring (bicyclic) bond motifs is 1. The van der Waals surface area contributed by atoms with Gasteiger partial charge in [-0.3, -0.25) is 4.98 Å². The summed E-state index contributed by atoms with van der Waals surface area (Å²) in [4.78, 5) is 8.35. The van der Waals surface area contributed by atoms with Gasteiger partial charge in [0.05, 0.1) is 11.9 Å². The Morgan fingerprint density at radius 2 is 2.37 bits per heavy atom. The molecule has 0 aromatic carbocycles. The first-order valence-corrected chi connectivity index (χ1v) is 7.96. The quantitative estimate of drug-likeness (QED) is 0.767. The molecule has 0 aliphatic carbocycles. The van der Waals surface area contributed by atoms with E-state index in [9.17, 15) is 0 Å². The molecule has 0 saturated heterocycles. The van der Waals surface area contributed by atoms with Crippen LogP contribution in [0.3, 0.4) is 0 Å². The molecule has 0 N–H and O–H groups in total. The molecule has 0 fully saturated rings. The van der Waals surface area contributed by atoms with Gasteiger partial charge in [0.1, 0.15) is 0 Å². The van der Waals surface area contributed by atoms with Crippen molar-refractivity contribution in [3.8, 4) is 0 Å². The van der Waals surface area contributed by atoms with Crippen molar-refractivity contribution < 1.29 is 0 Å². The molecule has 2 aromatic heterocycles. The van der Waals surface area contributed by atoms with Crippen LogP contribution >= 0.6 is 22.9 Å². The maximum atomic E-state index is 6.07. The zero-order valence-electron chi connectivity index (χ0n) is 11.2. The molecule has 0 radical (unpaired) electrons. The topological polar surface area (TPSA) is 16.1 Å². The predicted molar refractivity (Wildman–Crippen MR) is 82.3 cm³/mol. The van der Waals surface area contributed by atoms with Crippen LogP contribution in [-0.2, 0) is 12.3 Å². The Hall–Kier alpha value is -1.06. The van der Waals surface area contributed by atoms with E-state index in [1.165, 1.54) is 16.1 Å². The van der Waals surface area contributed by atoms with Gasteiger partial charge in [-0.25, -0.2) is 0 Å². The van der Waals surface area contributed by atoms with E-state index >= 15 is 0 Å². The molecule has 0 saturated carbocycles. The lowest BCUT2D eigenvalue weighted by atomic mass is 10.00. The largest absolute Gasteiger partial charge is 0.364 e. The van der Waals surface area contributed by atoms with Crippen molar-refractivity contribution in [3.05, 3.63) is 45.4 Å². The summed E-state index contributed by atoms with van der Waals surface area (Å²) in [6, 6.07) is 4.83. The van der Waals surface area contributed by atoms with E-state index in [2.05, 4.69) is 34.3 Å². The summed E-state index contributed by atoms with van der Waals surface area (Å²) >= 11 is 7.94. The van der Waals surface area contributed by atoms with E-state index in [-0.39, 0.29) is 0 Å². The van der Waals surface area contributed by atoms with Crippen molar-refractivity contribution in [1.82, 2.24) is 4.98 Å². The second-order valence-electron chi connectivity index (χ2n) is 5.01. The van der Waals surface area contributed by atoms with Gasteiger partial charge >= 0.3 is 0 Å². The highest BCUT2D eigenvalue weighted by Crippen LogP contribution is 2.37. The minimum absolute atomic E-state index is 0.416. The van der Waals surface area contributed by atoms with Crippen LogP contribution in [-0.4, -0.2) is 11.5 Å². The smallest absolute Gasteiger partial charge is 0.0525 e. The van der Waals surface area contributed by atoms with E-state index in [1.807, 2.05) is 24.5 Å². The zero-order valence-corrected chi connectivity index (χ0v) is 12.8. The second-order valence-corrected chi connectivity index (χ2v) is 6.27. The second kappa shape index (κ2) is 5.14. The molecule has 1 aliphatic heterocycles. The number of aromatic nitrogens is 1. The number of pyridine rings is 1. The van der Waals surface area contributed by atoms with Gasteiger partial charge in [-0.1, -0.05) is 0 Å². The molecule has 19 heavy (non-hydrogen) atoms. The summed E-state index contributed by atoms with van der Waals surface area (Å²) < 4.78 is 0. The standard InChI is InChI=1S/C15H17ClN2S/c1-10-7-14(12(8-16)9-17-10)18-5-3-15-13(11(18)2)4-6-19-15/h4,6-7,9,11H,3,5,8H2,1-2H3. The third kappa shape index (κ3) is 2.26.